The zero-order valence-corrected chi connectivity index (χ0v) is 14.5. The van der Waals surface area contributed by atoms with E-state index in [0.29, 0.717) is 13.1 Å². The molecule has 1 N–H and O–H groups in total. The SMILES string of the molecule is CN1CCC[C@@]2(CCN(CC(=O)NCCc3ccccc3)C2)C1=O. The van der Waals surface area contributed by atoms with Crippen molar-refractivity contribution >= 4 is 11.8 Å². The largest absolute Gasteiger partial charge is 0.355 e. The summed E-state index contributed by atoms with van der Waals surface area (Å²) < 4.78 is 0. The van der Waals surface area contributed by atoms with Crippen LogP contribution in [0.1, 0.15) is 24.8 Å². The number of rotatable bonds is 5. The molecule has 3 rings (SSSR count). The van der Waals surface area contributed by atoms with Crippen LogP contribution in [0, 0.1) is 5.41 Å². The number of nitrogens with one attached hydrogen (secondary N) is 1. The Bertz CT molecular complexity index is 590. The Hall–Kier alpha value is -1.88. The molecular weight excluding hydrogens is 302 g/mol. The standard InChI is InChI=1S/C19H27N3O2/c1-21-12-5-9-19(18(21)24)10-13-22(15-19)14-17(23)20-11-8-16-6-3-2-4-7-16/h2-4,6-7H,5,8-15H2,1H3,(H,20,23)/t19-/m0/s1. The van der Waals surface area contributed by atoms with Crippen molar-refractivity contribution in [3.8, 4) is 0 Å². The van der Waals surface area contributed by atoms with Crippen LogP contribution in [0.5, 0.6) is 0 Å². The first-order valence-corrected chi connectivity index (χ1v) is 8.88. The fraction of sp³-hybridized carbons (Fsp3) is 0.579. The monoisotopic (exact) mass is 329 g/mol. The minimum absolute atomic E-state index is 0.0552. The van der Waals surface area contributed by atoms with Gasteiger partial charge < -0.3 is 10.2 Å². The highest BCUT2D eigenvalue weighted by Crippen LogP contribution is 2.39. The van der Waals surface area contributed by atoms with Gasteiger partial charge in [0.05, 0.1) is 12.0 Å². The maximum atomic E-state index is 12.5. The average molecular weight is 329 g/mol. The molecule has 1 atom stereocenters. The van der Waals surface area contributed by atoms with E-state index in [1.807, 2.05) is 30.1 Å². The van der Waals surface area contributed by atoms with Crippen molar-refractivity contribution in [2.45, 2.75) is 25.7 Å². The van der Waals surface area contributed by atoms with Crippen molar-refractivity contribution in [1.29, 1.82) is 0 Å². The summed E-state index contributed by atoms with van der Waals surface area (Å²) in [6, 6.07) is 10.2. The first kappa shape index (κ1) is 17.0. The van der Waals surface area contributed by atoms with Crippen LogP contribution in [-0.2, 0) is 16.0 Å². The summed E-state index contributed by atoms with van der Waals surface area (Å²) in [7, 11) is 1.89. The summed E-state index contributed by atoms with van der Waals surface area (Å²) >= 11 is 0. The summed E-state index contributed by atoms with van der Waals surface area (Å²) in [5.41, 5.74) is 0.992. The molecular formula is C19H27N3O2. The molecule has 2 fully saturated rings. The predicted molar refractivity (Wildman–Crippen MR) is 93.5 cm³/mol. The number of carbonyl (C=O) groups is 2. The molecule has 5 nitrogen and oxygen atoms in total. The molecule has 2 amide bonds. The van der Waals surface area contributed by atoms with E-state index in [0.717, 1.165) is 45.3 Å². The summed E-state index contributed by atoms with van der Waals surface area (Å²) in [6.45, 7) is 3.48. The minimum Gasteiger partial charge on any atom is -0.355 e. The van der Waals surface area contributed by atoms with Gasteiger partial charge in [0.25, 0.3) is 0 Å². The normalized spacial score (nSPS) is 24.5. The Kier molecular flexibility index (Phi) is 5.19. The molecule has 24 heavy (non-hydrogen) atoms. The van der Waals surface area contributed by atoms with E-state index in [9.17, 15) is 9.59 Å². The molecule has 2 saturated heterocycles. The van der Waals surface area contributed by atoms with Crippen molar-refractivity contribution in [3.63, 3.8) is 0 Å². The van der Waals surface area contributed by atoms with Crippen LogP contribution in [0.15, 0.2) is 30.3 Å². The molecule has 1 spiro atoms. The number of hydrogen-bond donors (Lipinski definition) is 1. The van der Waals surface area contributed by atoms with E-state index < -0.39 is 0 Å². The Morgan fingerprint density at radius 2 is 2.00 bits per heavy atom. The van der Waals surface area contributed by atoms with Crippen LogP contribution in [-0.4, -0.2) is 61.4 Å². The third-order valence-electron chi connectivity index (χ3n) is 5.33. The Labute approximate surface area is 144 Å². The Morgan fingerprint density at radius 3 is 2.79 bits per heavy atom. The molecule has 0 aliphatic carbocycles. The van der Waals surface area contributed by atoms with Gasteiger partial charge in [-0.15, -0.1) is 0 Å². The number of likely N-dealkylation sites (tertiary alicyclic amines) is 2. The fourth-order valence-corrected chi connectivity index (χ4v) is 3.99. The summed E-state index contributed by atoms with van der Waals surface area (Å²) in [5, 5.41) is 2.99. The molecule has 2 aliphatic rings. The second kappa shape index (κ2) is 7.34. The molecule has 0 saturated carbocycles. The van der Waals surface area contributed by atoms with Gasteiger partial charge in [0.15, 0.2) is 0 Å². The van der Waals surface area contributed by atoms with Crippen LogP contribution in [0.4, 0.5) is 0 Å². The summed E-state index contributed by atoms with van der Waals surface area (Å²) in [4.78, 5) is 28.7. The summed E-state index contributed by atoms with van der Waals surface area (Å²) in [5.74, 6) is 0.320. The van der Waals surface area contributed by atoms with Crippen molar-refractivity contribution in [2.24, 2.45) is 5.41 Å². The molecule has 0 unspecified atom stereocenters. The second-order valence-corrected chi connectivity index (χ2v) is 7.16. The van der Waals surface area contributed by atoms with E-state index in [1.165, 1.54) is 5.56 Å². The van der Waals surface area contributed by atoms with Gasteiger partial charge in [0.2, 0.25) is 11.8 Å². The van der Waals surface area contributed by atoms with Gasteiger partial charge in [-0.05, 0) is 37.8 Å². The Balaban J connectivity index is 1.43. The lowest BCUT2D eigenvalue weighted by Crippen LogP contribution is -2.48. The van der Waals surface area contributed by atoms with Crippen LogP contribution in [0.25, 0.3) is 0 Å². The van der Waals surface area contributed by atoms with Gasteiger partial charge in [-0.2, -0.15) is 0 Å². The van der Waals surface area contributed by atoms with Crippen molar-refractivity contribution in [1.82, 2.24) is 15.1 Å². The van der Waals surface area contributed by atoms with Gasteiger partial charge in [0.1, 0.15) is 0 Å². The fourth-order valence-electron chi connectivity index (χ4n) is 3.99. The highest BCUT2D eigenvalue weighted by molar-refractivity contribution is 5.84. The third-order valence-corrected chi connectivity index (χ3v) is 5.33. The quantitative estimate of drug-likeness (QED) is 0.886. The van der Waals surface area contributed by atoms with Gasteiger partial charge in [-0.1, -0.05) is 30.3 Å². The lowest BCUT2D eigenvalue weighted by molar-refractivity contribution is -0.144. The molecule has 5 heteroatoms. The first-order valence-electron chi connectivity index (χ1n) is 8.88. The zero-order valence-electron chi connectivity index (χ0n) is 14.5. The number of piperidine rings is 1. The van der Waals surface area contributed by atoms with Gasteiger partial charge >= 0.3 is 0 Å². The predicted octanol–water partition coefficient (Wildman–Crippen LogP) is 1.29. The van der Waals surface area contributed by atoms with Crippen LogP contribution in [0.2, 0.25) is 0 Å². The number of carbonyl (C=O) groups excluding carboxylic acids is 2. The molecule has 2 aliphatic heterocycles. The molecule has 1 aromatic carbocycles. The molecule has 0 radical (unpaired) electrons. The van der Waals surface area contributed by atoms with Crippen LogP contribution < -0.4 is 5.32 Å². The first-order chi connectivity index (χ1) is 11.6. The number of hydrogen-bond acceptors (Lipinski definition) is 3. The van der Waals surface area contributed by atoms with Gasteiger partial charge in [0, 0.05) is 26.7 Å². The van der Waals surface area contributed by atoms with E-state index in [1.54, 1.807) is 0 Å². The smallest absolute Gasteiger partial charge is 0.234 e. The van der Waals surface area contributed by atoms with E-state index in [-0.39, 0.29) is 17.2 Å². The third kappa shape index (κ3) is 3.78. The van der Waals surface area contributed by atoms with Crippen molar-refractivity contribution < 1.29 is 9.59 Å². The molecule has 130 valence electrons. The maximum absolute atomic E-state index is 12.5. The average Bonchev–Trinajstić information content (AvgIpc) is 2.97. The van der Waals surface area contributed by atoms with E-state index >= 15 is 0 Å². The topological polar surface area (TPSA) is 52.6 Å². The lowest BCUT2D eigenvalue weighted by Gasteiger charge is -2.37. The van der Waals surface area contributed by atoms with Crippen LogP contribution in [0.3, 0.4) is 0 Å². The highest BCUT2D eigenvalue weighted by Gasteiger charge is 2.47. The molecule has 0 aromatic heterocycles. The van der Waals surface area contributed by atoms with E-state index in [4.69, 9.17) is 0 Å². The number of nitrogens with zero attached hydrogens (tertiary/aromatic N) is 2. The highest BCUT2D eigenvalue weighted by atomic mass is 16.2. The second-order valence-electron chi connectivity index (χ2n) is 7.16. The summed E-state index contributed by atoms with van der Waals surface area (Å²) in [6.07, 6.45) is 3.76. The molecule has 1 aromatic rings. The van der Waals surface area contributed by atoms with E-state index in [2.05, 4.69) is 22.3 Å². The number of amides is 2. The molecule has 2 heterocycles. The lowest BCUT2D eigenvalue weighted by atomic mass is 9.78. The van der Waals surface area contributed by atoms with Gasteiger partial charge in [-0.3, -0.25) is 14.5 Å². The minimum atomic E-state index is -0.239. The van der Waals surface area contributed by atoms with Gasteiger partial charge in [-0.25, -0.2) is 0 Å². The zero-order chi connectivity index (χ0) is 17.0. The van der Waals surface area contributed by atoms with Crippen molar-refractivity contribution in [2.75, 3.05) is 39.8 Å². The van der Waals surface area contributed by atoms with Crippen molar-refractivity contribution in [3.05, 3.63) is 35.9 Å². The van der Waals surface area contributed by atoms with Crippen LogP contribution >= 0.6 is 0 Å². The maximum Gasteiger partial charge on any atom is 0.234 e. The number of benzene rings is 1. The Morgan fingerprint density at radius 1 is 1.21 bits per heavy atom. The molecule has 0 bridgehead atoms.